The van der Waals surface area contributed by atoms with Crippen LogP contribution in [0.5, 0.6) is 5.75 Å². The Morgan fingerprint density at radius 2 is 1.48 bits per heavy atom. The van der Waals surface area contributed by atoms with Crippen molar-refractivity contribution >= 4 is 23.6 Å². The van der Waals surface area contributed by atoms with Crippen molar-refractivity contribution in [3.8, 4) is 5.75 Å². The molecule has 1 aliphatic rings. The predicted octanol–water partition coefficient (Wildman–Crippen LogP) is 2.88. The smallest absolute Gasteiger partial charge is 0.329 e. The summed E-state index contributed by atoms with van der Waals surface area (Å²) in [5.41, 5.74) is 0.855. The third kappa shape index (κ3) is 3.89. The van der Waals surface area contributed by atoms with Crippen molar-refractivity contribution in [3.63, 3.8) is 0 Å². The first-order valence-electron chi connectivity index (χ1n) is 9.29. The molecular weight excluding hydrogens is 374 g/mol. The van der Waals surface area contributed by atoms with Gasteiger partial charge in [-0.25, -0.2) is 4.79 Å². The predicted molar refractivity (Wildman–Crippen MR) is 104 cm³/mol. The van der Waals surface area contributed by atoms with Gasteiger partial charge in [0.15, 0.2) is 6.10 Å². The number of ketones is 1. The highest BCUT2D eigenvalue weighted by Crippen LogP contribution is 2.25. The number of hydrogen-bond donors (Lipinski definition) is 0. The Morgan fingerprint density at radius 3 is 2.00 bits per heavy atom. The average molecular weight is 395 g/mol. The second-order valence-corrected chi connectivity index (χ2v) is 6.60. The second-order valence-electron chi connectivity index (χ2n) is 6.60. The van der Waals surface area contributed by atoms with Crippen molar-refractivity contribution in [2.24, 2.45) is 0 Å². The fourth-order valence-corrected chi connectivity index (χ4v) is 3.11. The lowest BCUT2D eigenvalue weighted by Gasteiger charge is -2.22. The summed E-state index contributed by atoms with van der Waals surface area (Å²) in [4.78, 5) is 50.9. The first-order chi connectivity index (χ1) is 13.8. The number of Topliss-reactive ketones (excluding diaryl/α,β-unsaturated/α-hetero) is 1. The molecule has 0 bridgehead atoms. The number of carbonyl (C=O) groups is 4. The van der Waals surface area contributed by atoms with E-state index in [4.69, 9.17) is 9.47 Å². The van der Waals surface area contributed by atoms with E-state index in [-0.39, 0.29) is 11.1 Å². The van der Waals surface area contributed by atoms with E-state index in [0.29, 0.717) is 17.9 Å². The number of amides is 2. The quantitative estimate of drug-likeness (QED) is 0.407. The minimum absolute atomic E-state index is 0.246. The van der Waals surface area contributed by atoms with Crippen molar-refractivity contribution in [1.82, 2.24) is 4.90 Å². The van der Waals surface area contributed by atoms with Gasteiger partial charge in [0, 0.05) is 5.56 Å². The molecule has 1 aliphatic heterocycles. The minimum atomic E-state index is -1.15. The highest BCUT2D eigenvalue weighted by atomic mass is 16.5. The van der Waals surface area contributed by atoms with Gasteiger partial charge in [-0.05, 0) is 57.2 Å². The maximum atomic E-state index is 12.5. The molecule has 2 aromatic rings. The number of nitrogens with zero attached hydrogens (tertiary/aromatic N) is 1. The number of hydrogen-bond acceptors (Lipinski definition) is 6. The first-order valence-corrected chi connectivity index (χ1v) is 9.29. The average Bonchev–Trinajstić information content (AvgIpc) is 2.98. The Hall–Kier alpha value is -3.48. The molecule has 0 unspecified atom stereocenters. The van der Waals surface area contributed by atoms with Gasteiger partial charge in [-0.15, -0.1) is 0 Å². The molecule has 3 rings (SSSR count). The molecule has 0 saturated heterocycles. The van der Waals surface area contributed by atoms with Crippen molar-refractivity contribution in [3.05, 3.63) is 65.2 Å². The lowest BCUT2D eigenvalue weighted by Crippen LogP contribution is -2.45. The van der Waals surface area contributed by atoms with Crippen LogP contribution in [0.1, 0.15) is 51.8 Å². The third-order valence-electron chi connectivity index (χ3n) is 4.67. The lowest BCUT2D eigenvalue weighted by atomic mass is 10.1. The summed E-state index contributed by atoms with van der Waals surface area (Å²) >= 11 is 0. The van der Waals surface area contributed by atoms with Crippen molar-refractivity contribution in [2.75, 3.05) is 6.61 Å². The molecule has 2 aromatic carbocycles. The molecule has 150 valence electrons. The molecule has 0 N–H and O–H groups in total. The van der Waals surface area contributed by atoms with E-state index in [1.807, 2.05) is 6.92 Å². The van der Waals surface area contributed by atoms with Gasteiger partial charge in [-0.1, -0.05) is 12.1 Å². The Bertz CT molecular complexity index is 931. The Balaban J connectivity index is 1.67. The topological polar surface area (TPSA) is 90.0 Å². The van der Waals surface area contributed by atoms with Crippen LogP contribution in [-0.2, 0) is 9.53 Å². The molecule has 1 heterocycles. The normalized spacial score (nSPS) is 14.9. The summed E-state index contributed by atoms with van der Waals surface area (Å²) < 4.78 is 10.6. The fourth-order valence-electron chi connectivity index (χ4n) is 3.11. The molecule has 2 atom stereocenters. The molecule has 0 radical (unpaired) electrons. The Labute approximate surface area is 168 Å². The van der Waals surface area contributed by atoms with E-state index in [0.717, 1.165) is 4.90 Å². The van der Waals surface area contributed by atoms with E-state index in [1.54, 1.807) is 36.4 Å². The molecule has 0 spiro atoms. The fraction of sp³-hybridized carbons (Fsp3) is 0.273. The molecule has 0 saturated carbocycles. The second kappa shape index (κ2) is 8.26. The standard InChI is InChI=1S/C22H21NO6/c1-4-28-16-11-9-15(10-12-16)19(24)14(3)29-22(27)13(2)23-20(25)17-7-5-6-8-18(17)21(23)26/h5-14H,4H2,1-3H3/t13-,14+/m1/s1. The zero-order chi connectivity index (χ0) is 21.1. The van der Waals surface area contributed by atoms with Crippen LogP contribution < -0.4 is 4.74 Å². The number of esters is 1. The van der Waals surface area contributed by atoms with Gasteiger partial charge in [0.2, 0.25) is 5.78 Å². The Kier molecular flexibility index (Phi) is 5.77. The van der Waals surface area contributed by atoms with Gasteiger partial charge >= 0.3 is 5.97 Å². The van der Waals surface area contributed by atoms with Crippen LogP contribution in [0.2, 0.25) is 0 Å². The van der Waals surface area contributed by atoms with E-state index in [2.05, 4.69) is 0 Å². The van der Waals surface area contributed by atoms with E-state index in [1.165, 1.54) is 26.0 Å². The molecular formula is C22H21NO6. The summed E-state index contributed by atoms with van der Waals surface area (Å²) in [7, 11) is 0. The summed E-state index contributed by atoms with van der Waals surface area (Å²) in [6.45, 7) is 5.22. The molecule has 0 aliphatic carbocycles. The molecule has 0 aromatic heterocycles. The number of fused-ring (bicyclic) bond motifs is 1. The van der Waals surface area contributed by atoms with Gasteiger partial charge in [-0.3, -0.25) is 19.3 Å². The number of ether oxygens (including phenoxy) is 2. The monoisotopic (exact) mass is 395 g/mol. The highest BCUT2D eigenvalue weighted by molar-refractivity contribution is 6.22. The van der Waals surface area contributed by atoms with Crippen LogP contribution in [0.15, 0.2) is 48.5 Å². The largest absolute Gasteiger partial charge is 0.494 e. The Morgan fingerprint density at radius 1 is 0.931 bits per heavy atom. The highest BCUT2D eigenvalue weighted by Gasteiger charge is 2.41. The van der Waals surface area contributed by atoms with Gasteiger partial charge < -0.3 is 9.47 Å². The maximum absolute atomic E-state index is 12.5. The molecule has 0 fully saturated rings. The van der Waals surface area contributed by atoms with Crippen LogP contribution >= 0.6 is 0 Å². The van der Waals surface area contributed by atoms with E-state index < -0.39 is 35.7 Å². The summed E-state index contributed by atoms with van der Waals surface area (Å²) in [6.07, 6.45) is -1.07. The summed E-state index contributed by atoms with van der Waals surface area (Å²) in [5, 5.41) is 0. The zero-order valence-corrected chi connectivity index (χ0v) is 16.4. The van der Waals surface area contributed by atoms with Gasteiger partial charge in [-0.2, -0.15) is 0 Å². The van der Waals surface area contributed by atoms with Gasteiger partial charge in [0.25, 0.3) is 11.8 Å². The van der Waals surface area contributed by atoms with Crippen molar-refractivity contribution < 1.29 is 28.7 Å². The first kappa shape index (κ1) is 20.3. The third-order valence-corrected chi connectivity index (χ3v) is 4.67. The van der Waals surface area contributed by atoms with Crippen molar-refractivity contribution in [1.29, 1.82) is 0 Å². The lowest BCUT2D eigenvalue weighted by molar-refractivity contribution is -0.150. The van der Waals surface area contributed by atoms with Crippen LogP contribution in [0.4, 0.5) is 0 Å². The summed E-state index contributed by atoms with van der Waals surface area (Å²) in [6, 6.07) is 11.7. The maximum Gasteiger partial charge on any atom is 0.329 e. The summed E-state index contributed by atoms with van der Waals surface area (Å²) in [5.74, 6) is -1.70. The molecule has 7 heteroatoms. The van der Waals surface area contributed by atoms with Crippen LogP contribution in [-0.4, -0.2) is 47.2 Å². The number of carbonyl (C=O) groups excluding carboxylic acids is 4. The van der Waals surface area contributed by atoms with Crippen LogP contribution in [0, 0.1) is 0 Å². The zero-order valence-electron chi connectivity index (χ0n) is 16.4. The molecule has 2 amide bonds. The minimum Gasteiger partial charge on any atom is -0.494 e. The van der Waals surface area contributed by atoms with Gasteiger partial charge in [0.05, 0.1) is 17.7 Å². The van der Waals surface area contributed by atoms with E-state index in [9.17, 15) is 19.2 Å². The number of imide groups is 1. The number of rotatable bonds is 7. The van der Waals surface area contributed by atoms with Crippen molar-refractivity contribution in [2.45, 2.75) is 32.9 Å². The molecule has 29 heavy (non-hydrogen) atoms. The van der Waals surface area contributed by atoms with E-state index >= 15 is 0 Å². The van der Waals surface area contributed by atoms with Crippen LogP contribution in [0.25, 0.3) is 0 Å². The van der Waals surface area contributed by atoms with Gasteiger partial charge in [0.1, 0.15) is 11.8 Å². The SMILES string of the molecule is CCOc1ccc(C(=O)[C@H](C)OC(=O)[C@@H](C)N2C(=O)c3ccccc3C2=O)cc1. The molecule has 7 nitrogen and oxygen atoms in total. The van der Waals surface area contributed by atoms with Crippen LogP contribution in [0.3, 0.4) is 0 Å². The number of benzene rings is 2.